The van der Waals surface area contributed by atoms with E-state index in [0.29, 0.717) is 0 Å². The SMILES string of the molecule is CN1N(c2nccs2)C(c2ccccc2)=[N+](C)N1c1ccccc1.[Br-]. The number of hydrogen-bond acceptors (Lipinski definition) is 5. The molecule has 0 atom stereocenters. The normalized spacial score (nSPS) is 14.8. The zero-order valence-corrected chi connectivity index (χ0v) is 16.4. The van der Waals surface area contributed by atoms with Crippen LogP contribution in [0.2, 0.25) is 0 Å². The van der Waals surface area contributed by atoms with Crippen molar-refractivity contribution >= 4 is 28.0 Å². The van der Waals surface area contributed by atoms with E-state index in [1.54, 1.807) is 11.3 Å². The van der Waals surface area contributed by atoms with Gasteiger partial charge < -0.3 is 17.0 Å². The summed E-state index contributed by atoms with van der Waals surface area (Å²) in [4.78, 5) is 4.52. The molecule has 5 nitrogen and oxygen atoms in total. The number of aromatic nitrogens is 1. The number of hydrogen-bond donors (Lipinski definition) is 0. The van der Waals surface area contributed by atoms with E-state index >= 15 is 0 Å². The summed E-state index contributed by atoms with van der Waals surface area (Å²) in [6.07, 6.45) is 1.83. The van der Waals surface area contributed by atoms with Crippen LogP contribution in [0.1, 0.15) is 5.56 Å². The highest BCUT2D eigenvalue weighted by Crippen LogP contribution is 2.29. The van der Waals surface area contributed by atoms with Crippen molar-refractivity contribution in [2.24, 2.45) is 0 Å². The van der Waals surface area contributed by atoms with Gasteiger partial charge in [0.25, 0.3) is 5.13 Å². The number of para-hydroxylation sites is 1. The van der Waals surface area contributed by atoms with Crippen molar-refractivity contribution in [2.75, 3.05) is 24.2 Å². The molecule has 0 spiro atoms. The van der Waals surface area contributed by atoms with E-state index in [1.165, 1.54) is 0 Å². The zero-order chi connectivity index (χ0) is 16.5. The smallest absolute Gasteiger partial charge is 0.331 e. The maximum atomic E-state index is 4.52. The van der Waals surface area contributed by atoms with Crippen molar-refractivity contribution in [1.82, 2.24) is 10.1 Å². The maximum Gasteiger partial charge on any atom is 0.331 e. The molecule has 4 rings (SSSR count). The van der Waals surface area contributed by atoms with Crippen LogP contribution in [0.5, 0.6) is 0 Å². The third-order valence-electron chi connectivity index (χ3n) is 3.97. The van der Waals surface area contributed by atoms with Crippen molar-refractivity contribution < 1.29 is 21.7 Å². The maximum absolute atomic E-state index is 4.52. The highest BCUT2D eigenvalue weighted by Gasteiger charge is 2.45. The van der Waals surface area contributed by atoms with Crippen LogP contribution in [0.15, 0.2) is 72.2 Å². The quantitative estimate of drug-likeness (QED) is 0.572. The molecule has 0 aliphatic carbocycles. The minimum atomic E-state index is 0. The predicted molar refractivity (Wildman–Crippen MR) is 98.0 cm³/mol. The highest BCUT2D eigenvalue weighted by atomic mass is 79.9. The second-order valence-electron chi connectivity index (χ2n) is 5.45. The number of rotatable bonds is 3. The summed E-state index contributed by atoms with van der Waals surface area (Å²) in [5.74, 6) is 1.07. The molecule has 25 heavy (non-hydrogen) atoms. The first-order chi connectivity index (χ1) is 11.8. The van der Waals surface area contributed by atoms with Gasteiger partial charge in [0.1, 0.15) is 12.7 Å². The lowest BCUT2D eigenvalue weighted by molar-refractivity contribution is -0.522. The fourth-order valence-electron chi connectivity index (χ4n) is 2.98. The minimum Gasteiger partial charge on any atom is -1.00 e. The van der Waals surface area contributed by atoms with Gasteiger partial charge in [0.15, 0.2) is 0 Å². The Morgan fingerprint density at radius 2 is 1.60 bits per heavy atom. The van der Waals surface area contributed by atoms with Crippen LogP contribution >= 0.6 is 11.3 Å². The van der Waals surface area contributed by atoms with Gasteiger partial charge in [-0.2, -0.15) is 0 Å². The average molecular weight is 416 g/mol. The second-order valence-corrected chi connectivity index (χ2v) is 6.33. The number of anilines is 2. The molecule has 3 aromatic rings. The molecule has 0 saturated heterocycles. The molecule has 1 aliphatic rings. The highest BCUT2D eigenvalue weighted by molar-refractivity contribution is 7.13. The van der Waals surface area contributed by atoms with Crippen LogP contribution in [-0.4, -0.2) is 34.7 Å². The van der Waals surface area contributed by atoms with Gasteiger partial charge in [0.2, 0.25) is 0 Å². The van der Waals surface area contributed by atoms with E-state index in [-0.39, 0.29) is 17.0 Å². The Hall–Kier alpha value is -2.22. The van der Waals surface area contributed by atoms with Crippen LogP contribution in [0.4, 0.5) is 10.8 Å². The number of benzene rings is 2. The summed E-state index contributed by atoms with van der Waals surface area (Å²) in [7, 11) is 4.11. The van der Waals surface area contributed by atoms with Gasteiger partial charge in [-0.15, -0.1) is 9.80 Å². The van der Waals surface area contributed by atoms with E-state index in [1.807, 2.05) is 42.9 Å². The number of halogens is 1. The first-order valence-corrected chi connectivity index (χ1v) is 8.59. The molecule has 1 aromatic heterocycles. The summed E-state index contributed by atoms with van der Waals surface area (Å²) in [5.41, 5.74) is 2.23. The molecular weight excluding hydrogens is 398 g/mol. The van der Waals surface area contributed by atoms with Crippen molar-refractivity contribution in [3.8, 4) is 0 Å². The minimum absolute atomic E-state index is 0. The van der Waals surface area contributed by atoms with Crippen LogP contribution in [0, 0.1) is 0 Å². The zero-order valence-electron chi connectivity index (χ0n) is 14.0. The number of hydrazone groups is 1. The Balaban J connectivity index is 0.00000182. The number of nitrogens with zero attached hydrogens (tertiary/aromatic N) is 5. The van der Waals surface area contributed by atoms with Crippen LogP contribution in [0.25, 0.3) is 0 Å². The summed E-state index contributed by atoms with van der Waals surface area (Å²) in [5, 5.41) is 9.27. The second kappa shape index (κ2) is 7.35. The lowest BCUT2D eigenvalue weighted by atomic mass is 10.2. The van der Waals surface area contributed by atoms with Crippen molar-refractivity contribution in [3.63, 3.8) is 0 Å². The van der Waals surface area contributed by atoms with E-state index in [4.69, 9.17) is 0 Å². The molecule has 0 radical (unpaired) electrons. The first-order valence-electron chi connectivity index (χ1n) is 7.72. The molecule has 0 bridgehead atoms. The molecule has 0 N–H and O–H groups in total. The van der Waals surface area contributed by atoms with Crippen molar-refractivity contribution in [3.05, 3.63) is 77.8 Å². The third-order valence-corrected chi connectivity index (χ3v) is 4.72. The van der Waals surface area contributed by atoms with E-state index in [9.17, 15) is 0 Å². The fourth-order valence-corrected chi connectivity index (χ4v) is 3.65. The molecular formula is C18H18BrN5S. The van der Waals surface area contributed by atoms with Gasteiger partial charge in [-0.25, -0.2) is 4.98 Å². The lowest BCUT2D eigenvalue weighted by Crippen LogP contribution is -3.00. The van der Waals surface area contributed by atoms with Gasteiger partial charge >= 0.3 is 5.84 Å². The van der Waals surface area contributed by atoms with Gasteiger partial charge in [-0.05, 0) is 29.4 Å². The van der Waals surface area contributed by atoms with E-state index in [0.717, 1.165) is 22.2 Å². The Labute approximate surface area is 161 Å². The largest absolute Gasteiger partial charge is 1.00 e. The molecule has 2 heterocycles. The lowest BCUT2D eigenvalue weighted by Gasteiger charge is -2.23. The molecule has 0 saturated carbocycles. The van der Waals surface area contributed by atoms with Gasteiger partial charge in [0.05, 0.1) is 12.6 Å². The predicted octanol–water partition coefficient (Wildman–Crippen LogP) is 0.240. The van der Waals surface area contributed by atoms with Crippen LogP contribution in [-0.2, 0) is 0 Å². The fraction of sp³-hybridized carbons (Fsp3) is 0.111. The molecule has 2 aromatic carbocycles. The molecule has 0 amide bonds. The monoisotopic (exact) mass is 415 g/mol. The summed E-state index contributed by atoms with van der Waals surface area (Å²) < 4.78 is 2.14. The average Bonchev–Trinajstić information content (AvgIpc) is 3.23. The number of amidine groups is 1. The Morgan fingerprint density at radius 1 is 0.960 bits per heavy atom. The molecule has 0 fully saturated rings. The summed E-state index contributed by atoms with van der Waals surface area (Å²) in [6.45, 7) is 0. The van der Waals surface area contributed by atoms with Crippen molar-refractivity contribution in [1.29, 1.82) is 0 Å². The van der Waals surface area contributed by atoms with Gasteiger partial charge in [-0.1, -0.05) is 52.7 Å². The molecule has 7 heteroatoms. The van der Waals surface area contributed by atoms with Gasteiger partial charge in [0, 0.05) is 11.6 Å². The molecule has 128 valence electrons. The standard InChI is InChI=1S/C18H18N5S.BrH/c1-20-17(15-9-5-3-6-10-15)22(18-19-13-14-24-18)21(2)23(20)16-11-7-4-8-12-16;/h3-14H,1-2H3;1H/q+1;/p-1. The summed E-state index contributed by atoms with van der Waals surface area (Å²) >= 11 is 1.62. The Bertz CT molecular complexity index is 852. The molecule has 0 unspecified atom stereocenters. The Kier molecular flexibility index (Phi) is 5.17. The topological polar surface area (TPSA) is 25.6 Å². The first kappa shape index (κ1) is 17.6. The third kappa shape index (κ3) is 3.06. The summed E-state index contributed by atoms with van der Waals surface area (Å²) in [6, 6.07) is 20.7. The van der Waals surface area contributed by atoms with Crippen LogP contribution < -0.4 is 27.1 Å². The molecule has 1 aliphatic heterocycles. The number of hydrazine groups is 3. The van der Waals surface area contributed by atoms with Crippen molar-refractivity contribution in [2.45, 2.75) is 0 Å². The Morgan fingerprint density at radius 3 is 2.20 bits per heavy atom. The number of thiazole rings is 1. The van der Waals surface area contributed by atoms with E-state index < -0.39 is 0 Å². The van der Waals surface area contributed by atoms with E-state index in [2.05, 4.69) is 68.4 Å². The van der Waals surface area contributed by atoms with Crippen LogP contribution in [0.3, 0.4) is 0 Å². The van der Waals surface area contributed by atoms with Gasteiger partial charge in [-0.3, -0.25) is 0 Å².